The zero-order valence-electron chi connectivity index (χ0n) is 20.7. The van der Waals surface area contributed by atoms with Gasteiger partial charge < -0.3 is 18.9 Å². The van der Waals surface area contributed by atoms with E-state index in [0.29, 0.717) is 17.0 Å². The van der Waals surface area contributed by atoms with Crippen LogP contribution in [0.4, 0.5) is 28.0 Å². The van der Waals surface area contributed by atoms with Gasteiger partial charge in [-0.25, -0.2) is 18.8 Å². The highest BCUT2D eigenvalue weighted by Crippen LogP contribution is 2.25. The molecular weight excluding hydrogens is 504 g/mol. The van der Waals surface area contributed by atoms with Crippen molar-refractivity contribution < 1.29 is 50.9 Å². The Balaban J connectivity index is 2.12. The number of methoxy groups -OCH3 is 1. The predicted octanol–water partition coefficient (Wildman–Crippen LogP) is 4.56. The molecule has 0 saturated heterocycles. The number of nitrogens with one attached hydrogen (secondary N) is 1. The van der Waals surface area contributed by atoms with Crippen molar-refractivity contribution in [1.29, 1.82) is 0 Å². The molecule has 13 heteroatoms. The monoisotopic (exact) mass is 530 g/mol. The van der Waals surface area contributed by atoms with E-state index < -0.39 is 48.7 Å². The zero-order valence-corrected chi connectivity index (χ0v) is 20.7. The van der Waals surface area contributed by atoms with Gasteiger partial charge in [0, 0.05) is 29.4 Å². The third kappa shape index (κ3) is 8.41. The molecule has 0 saturated carbocycles. The minimum absolute atomic E-state index is 0.0654. The Labute approximate surface area is 210 Å². The van der Waals surface area contributed by atoms with Gasteiger partial charge in [-0.1, -0.05) is 0 Å². The lowest BCUT2D eigenvalue weighted by Gasteiger charge is -2.19. The second-order valence-corrected chi connectivity index (χ2v) is 8.14. The van der Waals surface area contributed by atoms with Crippen LogP contribution in [0.5, 0.6) is 5.75 Å². The van der Waals surface area contributed by atoms with Crippen LogP contribution in [0.25, 0.3) is 0 Å². The molecule has 202 valence electrons. The number of aryl methyl sites for hydroxylation is 1. The number of nitrogens with zero attached hydrogens (tertiary/aromatic N) is 1. The lowest BCUT2D eigenvalue weighted by Crippen LogP contribution is -2.36. The molecule has 0 spiro atoms. The van der Waals surface area contributed by atoms with E-state index >= 15 is 0 Å². The average molecular weight is 530 g/mol. The summed E-state index contributed by atoms with van der Waals surface area (Å²) in [5.74, 6) is -4.59. The number of ether oxygens (including phenoxy) is 4. The van der Waals surface area contributed by atoms with E-state index in [0.717, 1.165) is 17.7 Å². The van der Waals surface area contributed by atoms with E-state index in [-0.39, 0.29) is 17.9 Å². The van der Waals surface area contributed by atoms with E-state index in [1.165, 1.54) is 27.0 Å². The Morgan fingerprint density at radius 2 is 1.81 bits per heavy atom. The maximum Gasteiger partial charge on any atom is 0.491 e. The van der Waals surface area contributed by atoms with Crippen LogP contribution in [0.1, 0.15) is 36.2 Å². The van der Waals surface area contributed by atoms with E-state index in [9.17, 15) is 31.9 Å². The molecule has 1 aromatic heterocycles. The van der Waals surface area contributed by atoms with E-state index in [4.69, 9.17) is 14.2 Å². The van der Waals surface area contributed by atoms with Crippen molar-refractivity contribution in [2.75, 3.05) is 12.4 Å². The Morgan fingerprint density at radius 1 is 1.14 bits per heavy atom. The molecular formula is C24H26F4N2O7. The number of pyridine rings is 1. The number of hydrogen-bond donors (Lipinski definition) is 1. The molecule has 1 N–H and O–H groups in total. The normalized spacial score (nSPS) is 12.2. The van der Waals surface area contributed by atoms with Gasteiger partial charge in [-0.15, -0.1) is 0 Å². The summed E-state index contributed by atoms with van der Waals surface area (Å²) >= 11 is 0. The van der Waals surface area contributed by atoms with Gasteiger partial charge in [0.25, 0.3) is 0 Å². The van der Waals surface area contributed by atoms with Crippen molar-refractivity contribution in [3.05, 3.63) is 52.6 Å². The summed E-state index contributed by atoms with van der Waals surface area (Å²) in [4.78, 5) is 39.6. The quantitative estimate of drug-likeness (QED) is 0.285. The highest BCUT2D eigenvalue weighted by molar-refractivity contribution is 5.90. The Kier molecular flexibility index (Phi) is 9.95. The number of amides is 1. The number of carbonyl (C=O) groups excluding carboxylic acids is 3. The molecule has 1 heterocycles. The zero-order chi connectivity index (χ0) is 27.9. The SMILES string of the molecule is COc1c(C)cnc(COC(=O)Nc2ccc(F)c(CC(OC(C)C)C(=O)OC(=O)C(F)(F)F)c2)c1C. The summed E-state index contributed by atoms with van der Waals surface area (Å²) in [5.41, 5.74) is 1.82. The highest BCUT2D eigenvalue weighted by atomic mass is 19.4. The molecule has 0 aliphatic rings. The van der Waals surface area contributed by atoms with Crippen LogP contribution in [-0.4, -0.2) is 48.5 Å². The Hall–Kier alpha value is -3.74. The van der Waals surface area contributed by atoms with Crippen LogP contribution in [0, 0.1) is 19.7 Å². The summed E-state index contributed by atoms with van der Waals surface area (Å²) in [7, 11) is 1.50. The maximum absolute atomic E-state index is 14.4. The fourth-order valence-corrected chi connectivity index (χ4v) is 3.24. The van der Waals surface area contributed by atoms with E-state index in [1.807, 2.05) is 6.92 Å². The van der Waals surface area contributed by atoms with Crippen LogP contribution in [0.15, 0.2) is 24.4 Å². The molecule has 1 amide bonds. The first-order chi connectivity index (χ1) is 17.2. The molecule has 2 aromatic rings. The first-order valence-electron chi connectivity index (χ1n) is 10.9. The molecule has 2 rings (SSSR count). The summed E-state index contributed by atoms with van der Waals surface area (Å²) in [5, 5.41) is 2.39. The minimum atomic E-state index is -5.40. The number of rotatable bonds is 9. The molecule has 0 bridgehead atoms. The molecule has 9 nitrogen and oxygen atoms in total. The Bertz CT molecular complexity index is 1150. The third-order valence-corrected chi connectivity index (χ3v) is 4.91. The largest absolute Gasteiger partial charge is 0.496 e. The summed E-state index contributed by atoms with van der Waals surface area (Å²) in [6.07, 6.45) is -7.71. The van der Waals surface area contributed by atoms with E-state index in [1.54, 1.807) is 13.1 Å². The smallest absolute Gasteiger partial charge is 0.491 e. The first kappa shape index (κ1) is 29.5. The summed E-state index contributed by atoms with van der Waals surface area (Å²) in [6, 6.07) is 3.33. The van der Waals surface area contributed by atoms with Gasteiger partial charge in [-0.2, -0.15) is 13.2 Å². The number of esters is 2. The second-order valence-electron chi connectivity index (χ2n) is 8.14. The summed E-state index contributed by atoms with van der Waals surface area (Å²) < 4.78 is 71.3. The van der Waals surface area contributed by atoms with Crippen LogP contribution in [-0.2, 0) is 36.8 Å². The highest BCUT2D eigenvalue weighted by Gasteiger charge is 2.43. The number of hydrogen-bond acceptors (Lipinski definition) is 8. The molecule has 0 aliphatic heterocycles. The Morgan fingerprint density at radius 3 is 2.41 bits per heavy atom. The lowest BCUT2D eigenvalue weighted by molar-refractivity contribution is -0.205. The van der Waals surface area contributed by atoms with Gasteiger partial charge in [0.1, 0.15) is 18.2 Å². The first-order valence-corrected chi connectivity index (χ1v) is 10.9. The summed E-state index contributed by atoms with van der Waals surface area (Å²) in [6.45, 7) is 6.34. The van der Waals surface area contributed by atoms with Gasteiger partial charge in [-0.3, -0.25) is 10.3 Å². The molecule has 0 aliphatic carbocycles. The van der Waals surface area contributed by atoms with Gasteiger partial charge in [0.15, 0.2) is 6.10 Å². The molecule has 1 aromatic carbocycles. The van der Waals surface area contributed by atoms with Crippen molar-refractivity contribution in [3.63, 3.8) is 0 Å². The number of halogens is 4. The lowest BCUT2D eigenvalue weighted by atomic mass is 10.1. The van der Waals surface area contributed by atoms with Gasteiger partial charge >= 0.3 is 24.2 Å². The van der Waals surface area contributed by atoms with Crippen molar-refractivity contribution >= 4 is 23.7 Å². The van der Waals surface area contributed by atoms with Crippen molar-refractivity contribution in [2.24, 2.45) is 0 Å². The predicted molar refractivity (Wildman–Crippen MR) is 121 cm³/mol. The fraction of sp³-hybridized carbons (Fsp3) is 0.417. The van der Waals surface area contributed by atoms with Crippen molar-refractivity contribution in [3.8, 4) is 5.75 Å². The van der Waals surface area contributed by atoms with Crippen LogP contribution < -0.4 is 10.1 Å². The molecule has 0 radical (unpaired) electrons. The maximum atomic E-state index is 14.4. The standard InChI is InChI=1S/C24H26F4N2O7/c1-12(2)36-19(21(31)37-22(32)24(26,27)28)9-15-8-16(6-7-17(15)25)30-23(33)35-11-18-14(4)20(34-5)13(3)10-29-18/h6-8,10,12,19H,9,11H2,1-5H3,(H,30,33). The second kappa shape index (κ2) is 12.5. The topological polar surface area (TPSA) is 113 Å². The van der Waals surface area contributed by atoms with Crippen molar-refractivity contribution in [1.82, 2.24) is 4.98 Å². The molecule has 1 unspecified atom stereocenters. The molecule has 37 heavy (non-hydrogen) atoms. The number of aromatic nitrogens is 1. The number of carbonyl (C=O) groups is 3. The average Bonchev–Trinajstić information content (AvgIpc) is 2.79. The third-order valence-electron chi connectivity index (χ3n) is 4.91. The van der Waals surface area contributed by atoms with Crippen LogP contribution >= 0.6 is 0 Å². The van der Waals surface area contributed by atoms with Gasteiger partial charge in [-0.05, 0) is 51.5 Å². The minimum Gasteiger partial charge on any atom is -0.496 e. The van der Waals surface area contributed by atoms with Crippen LogP contribution in [0.3, 0.4) is 0 Å². The van der Waals surface area contributed by atoms with Gasteiger partial charge in [0.05, 0.1) is 18.9 Å². The fourth-order valence-electron chi connectivity index (χ4n) is 3.24. The number of anilines is 1. The number of benzene rings is 1. The molecule has 1 atom stereocenters. The van der Waals surface area contributed by atoms with E-state index in [2.05, 4.69) is 15.0 Å². The van der Waals surface area contributed by atoms with Crippen molar-refractivity contribution in [2.45, 2.75) is 59.1 Å². The molecule has 0 fully saturated rings. The van der Waals surface area contributed by atoms with Gasteiger partial charge in [0.2, 0.25) is 0 Å². The van der Waals surface area contributed by atoms with Crippen LogP contribution in [0.2, 0.25) is 0 Å². The number of alkyl halides is 3.